The van der Waals surface area contributed by atoms with Gasteiger partial charge in [-0.05, 0) is 33.4 Å². The third kappa shape index (κ3) is 6.10. The highest BCUT2D eigenvalue weighted by molar-refractivity contribution is 6.15. The van der Waals surface area contributed by atoms with Gasteiger partial charge in [-0.2, -0.15) is 0 Å². The molecule has 0 bridgehead atoms. The predicted octanol–water partition coefficient (Wildman–Crippen LogP) is 12.7. The van der Waals surface area contributed by atoms with Gasteiger partial charge in [0.2, 0.25) is 0 Å². The van der Waals surface area contributed by atoms with Crippen LogP contribution in [0.1, 0.15) is 22.9 Å². The maximum Gasteiger partial charge on any atom is 0.159 e. The highest BCUT2D eigenvalue weighted by Crippen LogP contribution is 2.44. The summed E-state index contributed by atoms with van der Waals surface area (Å²) in [5, 5.41) is 5.84. The number of nitrogens with one attached hydrogen (secondary N) is 1. The molecule has 1 aliphatic rings. The summed E-state index contributed by atoms with van der Waals surface area (Å²) in [7, 11) is 0. The Hall–Kier alpha value is -7.30. The van der Waals surface area contributed by atoms with Gasteiger partial charge in [-0.1, -0.05) is 200 Å². The Morgan fingerprint density at radius 3 is 1.47 bits per heavy atom. The number of benzene rings is 8. The molecule has 1 atom stereocenters. The minimum absolute atomic E-state index is 0.436. The van der Waals surface area contributed by atoms with Crippen molar-refractivity contribution in [1.29, 1.82) is 0 Å². The summed E-state index contributed by atoms with van der Waals surface area (Å²) < 4.78 is 7.10. The number of para-hydroxylation sites is 1. The summed E-state index contributed by atoms with van der Waals surface area (Å²) >= 11 is 0. The normalized spacial score (nSPS) is 14.0. The van der Waals surface area contributed by atoms with E-state index in [4.69, 9.17) is 14.4 Å². The number of fused-ring (bicyclic) bond motifs is 3. The molecule has 0 saturated heterocycles. The second-order valence-electron chi connectivity index (χ2n) is 13.8. The lowest BCUT2D eigenvalue weighted by Crippen LogP contribution is -2.33. The average molecular weight is 706 g/mol. The monoisotopic (exact) mass is 705 g/mol. The van der Waals surface area contributed by atoms with Crippen LogP contribution in [0.5, 0.6) is 0 Å². The molecule has 0 spiro atoms. The van der Waals surface area contributed by atoms with Crippen molar-refractivity contribution in [2.75, 3.05) is 0 Å². The van der Waals surface area contributed by atoms with E-state index in [1.54, 1.807) is 0 Å². The van der Waals surface area contributed by atoms with Crippen molar-refractivity contribution >= 4 is 33.6 Å². The Kier molecular flexibility index (Phi) is 8.19. The molecule has 1 aliphatic heterocycles. The summed E-state index contributed by atoms with van der Waals surface area (Å²) in [5.74, 6) is 1.45. The summed E-state index contributed by atoms with van der Waals surface area (Å²) in [4.78, 5) is 10.3. The molecular formula is C51H35N3O. The molecule has 4 nitrogen and oxygen atoms in total. The summed E-state index contributed by atoms with van der Waals surface area (Å²) in [6, 6.07) is 69.8. The van der Waals surface area contributed by atoms with Crippen molar-refractivity contribution in [3.8, 4) is 44.5 Å². The Labute approximate surface area is 319 Å². The van der Waals surface area contributed by atoms with Gasteiger partial charge in [0.15, 0.2) is 5.84 Å². The number of aliphatic imine (C=N–C) groups is 2. The lowest BCUT2D eigenvalue weighted by molar-refractivity contribution is 0.658. The van der Waals surface area contributed by atoms with E-state index in [9.17, 15) is 0 Å². The number of amidine groups is 2. The second-order valence-corrected chi connectivity index (χ2v) is 13.8. The van der Waals surface area contributed by atoms with Gasteiger partial charge in [-0.3, -0.25) is 0 Å². The van der Waals surface area contributed by atoms with E-state index >= 15 is 0 Å². The molecule has 4 heteroatoms. The summed E-state index contributed by atoms with van der Waals surface area (Å²) in [6.45, 7) is 0. The lowest BCUT2D eigenvalue weighted by atomic mass is 9.93. The zero-order valence-electron chi connectivity index (χ0n) is 29.9. The Morgan fingerprint density at radius 2 is 0.873 bits per heavy atom. The molecule has 260 valence electrons. The Morgan fingerprint density at radius 1 is 0.382 bits per heavy atom. The number of nitrogens with zero attached hydrogens (tertiary/aromatic N) is 2. The first-order valence-electron chi connectivity index (χ1n) is 18.6. The first kappa shape index (κ1) is 32.4. The minimum atomic E-state index is -0.436. The average Bonchev–Trinajstić information content (AvgIpc) is 3.66. The summed E-state index contributed by atoms with van der Waals surface area (Å²) in [6.07, 6.45) is -0.436. The fourth-order valence-electron chi connectivity index (χ4n) is 7.63. The lowest BCUT2D eigenvalue weighted by Gasteiger charge is -2.25. The van der Waals surface area contributed by atoms with E-state index in [1.807, 2.05) is 48.5 Å². The SMILES string of the molecule is c1ccc(C2=NC(c3ccc4c(oc5c(-c6ccc(-c7ccccc7)cc6)cccc54)c3-c3ccc(-c4ccccc4)cc3)NC(c3ccccc3)=N2)cc1. The number of hydrogen-bond acceptors (Lipinski definition) is 4. The van der Waals surface area contributed by atoms with Gasteiger partial charge in [-0.15, -0.1) is 0 Å². The van der Waals surface area contributed by atoms with Crippen molar-refractivity contribution < 1.29 is 4.42 Å². The van der Waals surface area contributed by atoms with Crippen LogP contribution in [-0.2, 0) is 0 Å². The number of rotatable bonds is 7. The van der Waals surface area contributed by atoms with Crippen LogP contribution < -0.4 is 5.32 Å². The van der Waals surface area contributed by atoms with E-state index < -0.39 is 6.17 Å². The van der Waals surface area contributed by atoms with Gasteiger partial charge in [0, 0.05) is 38.6 Å². The standard InChI is InChI=1S/C51H35N3O/c1-5-14-34(15-6-1)36-24-28-38(29-25-36)42-22-13-23-43-44-32-33-45(46(48(44)55-47(42)43)39-30-26-37(27-31-39)35-16-7-2-8-17-35)51-53-49(40-18-9-3-10-19-40)52-50(54-51)41-20-11-4-12-21-41/h1-33,51H,(H,52,53,54). The molecule has 1 N–H and O–H groups in total. The van der Waals surface area contributed by atoms with Crippen LogP contribution in [-0.4, -0.2) is 11.7 Å². The smallest absolute Gasteiger partial charge is 0.159 e. The minimum Gasteiger partial charge on any atom is -0.455 e. The Bertz CT molecular complexity index is 2840. The molecule has 1 aromatic heterocycles. The fourth-order valence-corrected chi connectivity index (χ4v) is 7.63. The van der Waals surface area contributed by atoms with Gasteiger partial charge < -0.3 is 9.73 Å². The van der Waals surface area contributed by atoms with Crippen molar-refractivity contribution in [2.45, 2.75) is 6.17 Å². The topological polar surface area (TPSA) is 49.9 Å². The second kappa shape index (κ2) is 13.9. The van der Waals surface area contributed by atoms with Crippen LogP contribution in [0.15, 0.2) is 215 Å². The first-order valence-corrected chi connectivity index (χ1v) is 18.6. The van der Waals surface area contributed by atoms with Gasteiger partial charge in [0.05, 0.1) is 0 Å². The highest BCUT2D eigenvalue weighted by atomic mass is 16.3. The maximum atomic E-state index is 7.10. The molecule has 8 aromatic carbocycles. The van der Waals surface area contributed by atoms with E-state index in [-0.39, 0.29) is 0 Å². The van der Waals surface area contributed by atoms with Crippen LogP contribution in [0.25, 0.3) is 66.4 Å². The van der Waals surface area contributed by atoms with Crippen LogP contribution >= 0.6 is 0 Å². The number of hydrogen-bond donors (Lipinski definition) is 1. The first-order chi connectivity index (χ1) is 27.3. The quantitative estimate of drug-likeness (QED) is 0.179. The van der Waals surface area contributed by atoms with E-state index in [0.717, 1.165) is 72.3 Å². The van der Waals surface area contributed by atoms with Gasteiger partial charge >= 0.3 is 0 Å². The molecule has 0 amide bonds. The molecule has 0 radical (unpaired) electrons. The molecule has 10 rings (SSSR count). The number of furan rings is 1. The van der Waals surface area contributed by atoms with Crippen LogP contribution in [0.4, 0.5) is 0 Å². The molecule has 1 unspecified atom stereocenters. The molecule has 0 aliphatic carbocycles. The largest absolute Gasteiger partial charge is 0.455 e. The zero-order chi connectivity index (χ0) is 36.6. The van der Waals surface area contributed by atoms with Gasteiger partial charge in [0.1, 0.15) is 23.2 Å². The molecule has 9 aromatic rings. The van der Waals surface area contributed by atoms with Crippen molar-refractivity contribution in [3.63, 3.8) is 0 Å². The maximum absolute atomic E-state index is 7.10. The Balaban J connectivity index is 1.16. The van der Waals surface area contributed by atoms with Gasteiger partial charge in [0.25, 0.3) is 0 Å². The molecular weight excluding hydrogens is 671 g/mol. The summed E-state index contributed by atoms with van der Waals surface area (Å²) in [5.41, 5.74) is 13.6. The van der Waals surface area contributed by atoms with Crippen molar-refractivity contribution in [3.05, 3.63) is 217 Å². The van der Waals surface area contributed by atoms with Crippen LogP contribution in [0.3, 0.4) is 0 Å². The van der Waals surface area contributed by atoms with E-state index in [1.165, 1.54) is 16.7 Å². The molecule has 0 saturated carbocycles. The third-order valence-electron chi connectivity index (χ3n) is 10.4. The van der Waals surface area contributed by atoms with Crippen LogP contribution in [0, 0.1) is 0 Å². The molecule has 0 fully saturated rings. The highest BCUT2D eigenvalue weighted by Gasteiger charge is 2.27. The molecule has 55 heavy (non-hydrogen) atoms. The van der Waals surface area contributed by atoms with Crippen molar-refractivity contribution in [1.82, 2.24) is 5.32 Å². The third-order valence-corrected chi connectivity index (χ3v) is 10.4. The molecule has 2 heterocycles. The predicted molar refractivity (Wildman–Crippen MR) is 227 cm³/mol. The van der Waals surface area contributed by atoms with Gasteiger partial charge in [-0.25, -0.2) is 9.98 Å². The zero-order valence-corrected chi connectivity index (χ0v) is 29.9. The van der Waals surface area contributed by atoms with Crippen molar-refractivity contribution in [2.24, 2.45) is 9.98 Å². The van der Waals surface area contributed by atoms with E-state index in [0.29, 0.717) is 5.84 Å². The fraction of sp³-hybridized carbons (Fsp3) is 0.0196. The van der Waals surface area contributed by atoms with Crippen LogP contribution in [0.2, 0.25) is 0 Å². The van der Waals surface area contributed by atoms with E-state index in [2.05, 4.69) is 157 Å².